The van der Waals surface area contributed by atoms with E-state index in [1.165, 1.54) is 6.07 Å². The van der Waals surface area contributed by atoms with E-state index in [9.17, 15) is 4.79 Å². The lowest BCUT2D eigenvalue weighted by Gasteiger charge is -2.09. The van der Waals surface area contributed by atoms with Crippen LogP contribution in [0.3, 0.4) is 0 Å². The first kappa shape index (κ1) is 12.7. The second-order valence-electron chi connectivity index (χ2n) is 4.19. The molecule has 0 unspecified atom stereocenters. The molecule has 0 aliphatic carbocycles. The van der Waals surface area contributed by atoms with Crippen LogP contribution in [0, 0.1) is 18.3 Å². The minimum absolute atomic E-state index is 0.237. The van der Waals surface area contributed by atoms with Crippen molar-refractivity contribution in [2.24, 2.45) is 0 Å². The Kier molecular flexibility index (Phi) is 3.48. The second-order valence-corrected chi connectivity index (χ2v) is 4.19. The van der Waals surface area contributed by atoms with Gasteiger partial charge in [-0.05, 0) is 36.8 Å². The van der Waals surface area contributed by atoms with Crippen molar-refractivity contribution in [3.8, 4) is 6.07 Å². The maximum atomic E-state index is 12.1. The first-order chi connectivity index (χ1) is 9.11. The van der Waals surface area contributed by atoms with E-state index in [0.29, 0.717) is 22.5 Å². The Balaban J connectivity index is 2.30. The third-order valence-electron chi connectivity index (χ3n) is 2.80. The monoisotopic (exact) mass is 251 g/mol. The highest BCUT2D eigenvalue weighted by Crippen LogP contribution is 2.19. The van der Waals surface area contributed by atoms with Gasteiger partial charge in [-0.15, -0.1) is 0 Å². The Hall–Kier alpha value is -2.80. The molecule has 0 saturated carbocycles. The SMILES string of the molecule is Cc1ccccc1C(=O)Nc1ccc(N)cc1C#N. The molecule has 2 rings (SSSR count). The van der Waals surface area contributed by atoms with Crippen LogP contribution >= 0.6 is 0 Å². The van der Waals surface area contributed by atoms with Gasteiger partial charge in [0.05, 0.1) is 11.3 Å². The maximum Gasteiger partial charge on any atom is 0.255 e. The van der Waals surface area contributed by atoms with Crippen molar-refractivity contribution < 1.29 is 4.79 Å². The molecule has 0 bridgehead atoms. The van der Waals surface area contributed by atoms with Crippen LogP contribution in [0.5, 0.6) is 0 Å². The van der Waals surface area contributed by atoms with E-state index in [1.807, 2.05) is 25.1 Å². The molecule has 0 aromatic heterocycles. The molecular weight excluding hydrogens is 238 g/mol. The van der Waals surface area contributed by atoms with Gasteiger partial charge < -0.3 is 11.1 Å². The largest absolute Gasteiger partial charge is 0.399 e. The zero-order valence-corrected chi connectivity index (χ0v) is 10.5. The van der Waals surface area contributed by atoms with Crippen LogP contribution in [0.15, 0.2) is 42.5 Å². The van der Waals surface area contributed by atoms with Crippen molar-refractivity contribution >= 4 is 17.3 Å². The van der Waals surface area contributed by atoms with Crippen molar-refractivity contribution in [3.05, 3.63) is 59.2 Å². The van der Waals surface area contributed by atoms with Crippen LogP contribution in [-0.4, -0.2) is 5.91 Å². The number of nitrogen functional groups attached to an aromatic ring is 1. The lowest BCUT2D eigenvalue weighted by Crippen LogP contribution is -2.14. The molecular formula is C15H13N3O. The lowest BCUT2D eigenvalue weighted by atomic mass is 10.1. The van der Waals surface area contributed by atoms with E-state index < -0.39 is 0 Å². The third-order valence-corrected chi connectivity index (χ3v) is 2.80. The van der Waals surface area contributed by atoms with Crippen molar-refractivity contribution in [1.29, 1.82) is 5.26 Å². The zero-order valence-electron chi connectivity index (χ0n) is 10.5. The minimum Gasteiger partial charge on any atom is -0.399 e. The molecule has 0 heterocycles. The normalized spacial score (nSPS) is 9.68. The number of hydrogen-bond donors (Lipinski definition) is 2. The molecule has 0 aliphatic heterocycles. The molecule has 4 nitrogen and oxygen atoms in total. The van der Waals surface area contributed by atoms with Gasteiger partial charge in [0.25, 0.3) is 5.91 Å². The van der Waals surface area contributed by atoms with Gasteiger partial charge in [-0.2, -0.15) is 5.26 Å². The number of carbonyl (C=O) groups excluding carboxylic acids is 1. The first-order valence-electron chi connectivity index (χ1n) is 5.78. The number of carbonyl (C=O) groups is 1. The highest BCUT2D eigenvalue weighted by molar-refractivity contribution is 6.05. The summed E-state index contributed by atoms with van der Waals surface area (Å²) in [6, 6.07) is 14.1. The van der Waals surface area contributed by atoms with Gasteiger partial charge in [0, 0.05) is 11.3 Å². The molecule has 1 amide bonds. The summed E-state index contributed by atoms with van der Waals surface area (Å²) in [7, 11) is 0. The van der Waals surface area contributed by atoms with Gasteiger partial charge in [0.15, 0.2) is 0 Å². The van der Waals surface area contributed by atoms with Crippen LogP contribution in [0.4, 0.5) is 11.4 Å². The fraction of sp³-hybridized carbons (Fsp3) is 0.0667. The van der Waals surface area contributed by atoms with E-state index in [0.717, 1.165) is 5.56 Å². The molecule has 94 valence electrons. The fourth-order valence-corrected chi connectivity index (χ4v) is 1.78. The smallest absolute Gasteiger partial charge is 0.255 e. The molecule has 0 fully saturated rings. The predicted octanol–water partition coefficient (Wildman–Crippen LogP) is 2.70. The van der Waals surface area contributed by atoms with Gasteiger partial charge in [0.2, 0.25) is 0 Å². The summed E-state index contributed by atoms with van der Waals surface area (Å²) in [5, 5.41) is 11.8. The Morgan fingerprint density at radius 3 is 2.68 bits per heavy atom. The first-order valence-corrected chi connectivity index (χ1v) is 5.78. The second kappa shape index (κ2) is 5.23. The highest BCUT2D eigenvalue weighted by Gasteiger charge is 2.11. The minimum atomic E-state index is -0.237. The van der Waals surface area contributed by atoms with Crippen molar-refractivity contribution in [3.63, 3.8) is 0 Å². The summed E-state index contributed by atoms with van der Waals surface area (Å²) in [5.41, 5.74) is 8.38. The molecule has 3 N–H and O–H groups in total. The summed E-state index contributed by atoms with van der Waals surface area (Å²) in [6.07, 6.45) is 0. The number of nitriles is 1. The summed E-state index contributed by atoms with van der Waals surface area (Å²) in [4.78, 5) is 12.1. The quantitative estimate of drug-likeness (QED) is 0.805. The Morgan fingerprint density at radius 1 is 1.26 bits per heavy atom. The molecule has 2 aromatic carbocycles. The van der Waals surface area contributed by atoms with E-state index in [4.69, 9.17) is 11.0 Å². The topological polar surface area (TPSA) is 78.9 Å². The molecule has 19 heavy (non-hydrogen) atoms. The summed E-state index contributed by atoms with van der Waals surface area (Å²) >= 11 is 0. The van der Waals surface area contributed by atoms with Crippen molar-refractivity contribution in [2.45, 2.75) is 6.92 Å². The molecule has 0 aliphatic rings. The van der Waals surface area contributed by atoms with Crippen LogP contribution in [0.25, 0.3) is 0 Å². The average Bonchev–Trinajstić information content (AvgIpc) is 2.41. The summed E-state index contributed by atoms with van der Waals surface area (Å²) in [6.45, 7) is 1.86. The predicted molar refractivity (Wildman–Crippen MR) is 74.7 cm³/mol. The molecule has 0 atom stereocenters. The number of aryl methyl sites for hydroxylation is 1. The number of hydrogen-bond acceptors (Lipinski definition) is 3. The lowest BCUT2D eigenvalue weighted by molar-refractivity contribution is 0.102. The molecule has 0 saturated heterocycles. The molecule has 0 spiro atoms. The number of nitrogens with two attached hydrogens (primary N) is 1. The number of nitrogens with zero attached hydrogens (tertiary/aromatic N) is 1. The fourth-order valence-electron chi connectivity index (χ4n) is 1.78. The number of anilines is 2. The Labute approximate surface area is 111 Å². The number of benzene rings is 2. The van der Waals surface area contributed by atoms with Gasteiger partial charge in [-0.3, -0.25) is 4.79 Å². The summed E-state index contributed by atoms with van der Waals surface area (Å²) < 4.78 is 0. The number of amides is 1. The van der Waals surface area contributed by atoms with E-state index >= 15 is 0 Å². The van der Waals surface area contributed by atoms with E-state index in [-0.39, 0.29) is 5.91 Å². The van der Waals surface area contributed by atoms with Gasteiger partial charge in [0.1, 0.15) is 6.07 Å². The third kappa shape index (κ3) is 2.72. The van der Waals surface area contributed by atoms with Crippen LogP contribution in [0.1, 0.15) is 21.5 Å². The van der Waals surface area contributed by atoms with Crippen LogP contribution in [0.2, 0.25) is 0 Å². The van der Waals surface area contributed by atoms with E-state index in [2.05, 4.69) is 5.32 Å². The zero-order chi connectivity index (χ0) is 13.8. The summed E-state index contributed by atoms with van der Waals surface area (Å²) in [5.74, 6) is -0.237. The number of rotatable bonds is 2. The van der Waals surface area contributed by atoms with Gasteiger partial charge in [-0.1, -0.05) is 18.2 Å². The molecule has 4 heteroatoms. The maximum absolute atomic E-state index is 12.1. The van der Waals surface area contributed by atoms with Crippen LogP contribution < -0.4 is 11.1 Å². The standard InChI is InChI=1S/C15H13N3O/c1-10-4-2-3-5-13(10)15(19)18-14-7-6-12(17)8-11(14)9-16/h2-8H,17H2,1H3,(H,18,19). The number of nitrogens with one attached hydrogen (secondary N) is 1. The van der Waals surface area contributed by atoms with Crippen molar-refractivity contribution in [2.75, 3.05) is 11.1 Å². The van der Waals surface area contributed by atoms with Gasteiger partial charge >= 0.3 is 0 Å². The average molecular weight is 251 g/mol. The molecule has 2 aromatic rings. The van der Waals surface area contributed by atoms with E-state index in [1.54, 1.807) is 24.3 Å². The van der Waals surface area contributed by atoms with Gasteiger partial charge in [-0.25, -0.2) is 0 Å². The van der Waals surface area contributed by atoms with Crippen molar-refractivity contribution in [1.82, 2.24) is 0 Å². The highest BCUT2D eigenvalue weighted by atomic mass is 16.1. The van der Waals surface area contributed by atoms with Crippen LogP contribution in [-0.2, 0) is 0 Å². The Bertz CT molecular complexity index is 671. The Morgan fingerprint density at radius 2 is 2.00 bits per heavy atom. The molecule has 0 radical (unpaired) electrons.